The van der Waals surface area contributed by atoms with Crippen molar-refractivity contribution in [3.63, 3.8) is 0 Å². The van der Waals surface area contributed by atoms with Crippen LogP contribution in [0.5, 0.6) is 0 Å². The first-order valence-corrected chi connectivity index (χ1v) is 4.34. The van der Waals surface area contributed by atoms with Crippen molar-refractivity contribution in [2.75, 3.05) is 5.73 Å². The quantitative estimate of drug-likeness (QED) is 0.605. The summed E-state index contributed by atoms with van der Waals surface area (Å²) in [5.41, 5.74) is 3.82. The third-order valence-electron chi connectivity index (χ3n) is 2.24. The zero-order chi connectivity index (χ0) is 11.9. The second-order valence-corrected chi connectivity index (χ2v) is 3.37. The number of hydrogen-bond donors (Lipinski definition) is 3. The molecule has 84 valence electrons. The van der Waals surface area contributed by atoms with E-state index >= 15 is 0 Å². The van der Waals surface area contributed by atoms with Gasteiger partial charge in [0.15, 0.2) is 11.5 Å². The minimum absolute atomic E-state index is 0.130. The maximum atomic E-state index is 10.9. The molecule has 0 spiro atoms. The maximum absolute atomic E-state index is 10.9. The Kier molecular flexibility index (Phi) is 2.02. The molecule has 0 amide bonds. The van der Waals surface area contributed by atoms with E-state index in [0.717, 1.165) is 17.8 Å². The SMILES string of the molecule is CC(O)(C(=O)O)n1cnc2c(N)ncnc21. The van der Waals surface area contributed by atoms with Gasteiger partial charge in [-0.3, -0.25) is 4.57 Å². The van der Waals surface area contributed by atoms with Gasteiger partial charge in [-0.15, -0.1) is 0 Å². The highest BCUT2D eigenvalue weighted by Crippen LogP contribution is 2.21. The summed E-state index contributed by atoms with van der Waals surface area (Å²) in [7, 11) is 0. The zero-order valence-electron chi connectivity index (χ0n) is 8.32. The van der Waals surface area contributed by atoms with Gasteiger partial charge >= 0.3 is 5.97 Å². The number of fused-ring (bicyclic) bond motifs is 1. The van der Waals surface area contributed by atoms with Crippen molar-refractivity contribution in [2.24, 2.45) is 0 Å². The minimum atomic E-state index is -2.13. The molecule has 0 aliphatic carbocycles. The average molecular weight is 223 g/mol. The number of aliphatic hydroxyl groups is 1. The number of nitrogen functional groups attached to an aromatic ring is 1. The number of hydrogen-bond acceptors (Lipinski definition) is 6. The Morgan fingerprint density at radius 2 is 2.19 bits per heavy atom. The van der Waals surface area contributed by atoms with Crippen molar-refractivity contribution >= 4 is 23.0 Å². The number of rotatable bonds is 2. The van der Waals surface area contributed by atoms with Crippen molar-refractivity contribution < 1.29 is 15.0 Å². The molecule has 8 heteroatoms. The van der Waals surface area contributed by atoms with Crippen LogP contribution < -0.4 is 5.73 Å². The van der Waals surface area contributed by atoms with Gasteiger partial charge in [-0.05, 0) is 6.92 Å². The van der Waals surface area contributed by atoms with E-state index in [1.165, 1.54) is 6.33 Å². The Bertz CT molecular complexity index is 562. The Labute approximate surface area is 89.4 Å². The van der Waals surface area contributed by atoms with E-state index < -0.39 is 11.7 Å². The molecule has 1 unspecified atom stereocenters. The topological polar surface area (TPSA) is 127 Å². The van der Waals surface area contributed by atoms with Crippen LogP contribution in [0.15, 0.2) is 12.7 Å². The highest BCUT2D eigenvalue weighted by molar-refractivity contribution is 5.84. The van der Waals surface area contributed by atoms with Crippen LogP contribution >= 0.6 is 0 Å². The molecule has 0 saturated heterocycles. The van der Waals surface area contributed by atoms with Gasteiger partial charge in [0.05, 0.1) is 0 Å². The smallest absolute Gasteiger partial charge is 0.357 e. The lowest BCUT2D eigenvalue weighted by Gasteiger charge is -2.19. The monoisotopic (exact) mass is 223 g/mol. The fourth-order valence-corrected chi connectivity index (χ4v) is 1.27. The number of aliphatic carboxylic acids is 1. The summed E-state index contributed by atoms with van der Waals surface area (Å²) in [6.45, 7) is 1.12. The summed E-state index contributed by atoms with van der Waals surface area (Å²) in [5, 5.41) is 18.6. The third-order valence-corrected chi connectivity index (χ3v) is 2.24. The molecule has 2 heterocycles. The van der Waals surface area contributed by atoms with Crippen molar-refractivity contribution in [2.45, 2.75) is 12.6 Å². The Morgan fingerprint density at radius 1 is 1.50 bits per heavy atom. The van der Waals surface area contributed by atoms with Crippen LogP contribution in [0.1, 0.15) is 6.92 Å². The van der Waals surface area contributed by atoms with Gasteiger partial charge in [-0.2, -0.15) is 0 Å². The first-order chi connectivity index (χ1) is 7.44. The highest BCUT2D eigenvalue weighted by atomic mass is 16.4. The lowest BCUT2D eigenvalue weighted by Crippen LogP contribution is -2.38. The van der Waals surface area contributed by atoms with Gasteiger partial charge in [0.2, 0.25) is 5.72 Å². The van der Waals surface area contributed by atoms with Crippen molar-refractivity contribution in [3.8, 4) is 0 Å². The summed E-state index contributed by atoms with van der Waals surface area (Å²) < 4.78 is 1.02. The Morgan fingerprint density at radius 3 is 2.81 bits per heavy atom. The molecular weight excluding hydrogens is 214 g/mol. The summed E-state index contributed by atoms with van der Waals surface area (Å²) in [6, 6.07) is 0. The second kappa shape index (κ2) is 3.14. The summed E-state index contributed by atoms with van der Waals surface area (Å²) in [4.78, 5) is 22.3. The molecule has 0 radical (unpaired) electrons. The lowest BCUT2D eigenvalue weighted by atomic mass is 10.2. The largest absolute Gasteiger partial charge is 0.478 e. The van der Waals surface area contributed by atoms with Gasteiger partial charge in [-0.1, -0.05) is 0 Å². The second-order valence-electron chi connectivity index (χ2n) is 3.37. The van der Waals surface area contributed by atoms with E-state index in [1.54, 1.807) is 0 Å². The number of nitrogens with zero attached hydrogens (tertiary/aromatic N) is 4. The number of carboxylic acid groups (broad SMARTS) is 1. The van der Waals surface area contributed by atoms with Gasteiger partial charge in [-0.25, -0.2) is 19.7 Å². The van der Waals surface area contributed by atoms with Crippen LogP contribution in [0.3, 0.4) is 0 Å². The normalized spacial score (nSPS) is 14.9. The number of carboxylic acids is 1. The van der Waals surface area contributed by atoms with Crippen LogP contribution in [-0.2, 0) is 10.5 Å². The highest BCUT2D eigenvalue weighted by Gasteiger charge is 2.34. The number of carbonyl (C=O) groups is 1. The maximum Gasteiger partial charge on any atom is 0.357 e. The molecule has 0 fully saturated rings. The fraction of sp³-hybridized carbons (Fsp3) is 0.250. The molecule has 0 saturated carbocycles. The number of aromatic nitrogens is 4. The van der Waals surface area contributed by atoms with Crippen molar-refractivity contribution in [1.29, 1.82) is 0 Å². The molecule has 2 rings (SSSR count). The van der Waals surface area contributed by atoms with Crippen molar-refractivity contribution in [1.82, 2.24) is 19.5 Å². The molecule has 2 aromatic heterocycles. The predicted octanol–water partition coefficient (Wildman–Crippen LogP) is -0.842. The molecule has 1 atom stereocenters. The van der Waals surface area contributed by atoms with E-state index in [-0.39, 0.29) is 17.0 Å². The van der Waals surface area contributed by atoms with E-state index in [4.69, 9.17) is 10.8 Å². The van der Waals surface area contributed by atoms with Gasteiger partial charge in [0, 0.05) is 0 Å². The molecule has 2 aromatic rings. The number of nitrogens with two attached hydrogens (primary N) is 1. The molecule has 16 heavy (non-hydrogen) atoms. The molecule has 0 aliphatic heterocycles. The minimum Gasteiger partial charge on any atom is -0.478 e. The Balaban J connectivity index is 2.72. The van der Waals surface area contributed by atoms with E-state index in [9.17, 15) is 9.90 Å². The standard InChI is InChI=1S/C8H9N5O3/c1-8(16,7(14)15)13-3-12-4-5(9)10-2-11-6(4)13/h2-3,16H,1H3,(H,14,15)(H2,9,10,11). The zero-order valence-corrected chi connectivity index (χ0v) is 8.32. The van der Waals surface area contributed by atoms with Crippen molar-refractivity contribution in [3.05, 3.63) is 12.7 Å². The molecule has 4 N–H and O–H groups in total. The van der Waals surface area contributed by atoms with E-state index in [2.05, 4.69) is 15.0 Å². The third kappa shape index (κ3) is 1.27. The van der Waals surface area contributed by atoms with Gasteiger partial charge in [0.1, 0.15) is 18.2 Å². The molecule has 0 aliphatic rings. The number of imidazole rings is 1. The van der Waals surface area contributed by atoms with Crippen LogP contribution in [0, 0.1) is 0 Å². The summed E-state index contributed by atoms with van der Waals surface area (Å²) in [6.07, 6.45) is 2.33. The van der Waals surface area contributed by atoms with Gasteiger partial charge in [0.25, 0.3) is 0 Å². The number of anilines is 1. The molecule has 0 bridgehead atoms. The van der Waals surface area contributed by atoms with Crippen LogP contribution in [0.2, 0.25) is 0 Å². The van der Waals surface area contributed by atoms with Crippen LogP contribution in [0.25, 0.3) is 11.2 Å². The molecular formula is C8H9N5O3. The lowest BCUT2D eigenvalue weighted by molar-refractivity contribution is -0.166. The Hall–Kier alpha value is -2.22. The first kappa shape index (κ1) is 10.3. The average Bonchev–Trinajstić information content (AvgIpc) is 2.63. The van der Waals surface area contributed by atoms with Gasteiger partial charge < -0.3 is 15.9 Å². The van der Waals surface area contributed by atoms with Crippen LogP contribution in [-0.4, -0.2) is 35.7 Å². The first-order valence-electron chi connectivity index (χ1n) is 4.34. The van der Waals surface area contributed by atoms with Crippen LogP contribution in [0.4, 0.5) is 5.82 Å². The van der Waals surface area contributed by atoms with E-state index in [0.29, 0.717) is 0 Å². The molecule has 0 aromatic carbocycles. The summed E-state index contributed by atoms with van der Waals surface area (Å²) >= 11 is 0. The van der Waals surface area contributed by atoms with E-state index in [1.807, 2.05) is 0 Å². The fourth-order valence-electron chi connectivity index (χ4n) is 1.27. The summed E-state index contributed by atoms with van der Waals surface area (Å²) in [5.74, 6) is -1.28. The molecule has 8 nitrogen and oxygen atoms in total. The predicted molar refractivity (Wildman–Crippen MR) is 53.2 cm³/mol.